The van der Waals surface area contributed by atoms with E-state index in [1.807, 2.05) is 6.07 Å². The lowest BCUT2D eigenvalue weighted by Gasteiger charge is -2.19. The smallest absolute Gasteiger partial charge is 0.164 e. The van der Waals surface area contributed by atoms with Crippen LogP contribution in [0.4, 0.5) is 4.39 Å². The molecule has 0 aliphatic rings. The minimum Gasteiger partial charge on any atom is -0.376 e. The predicted molar refractivity (Wildman–Crippen MR) is 68.7 cm³/mol. The van der Waals surface area contributed by atoms with E-state index >= 15 is 0 Å². The van der Waals surface area contributed by atoms with E-state index in [0.717, 1.165) is 18.4 Å². The molecule has 3 N–H and O–H groups in total. The van der Waals surface area contributed by atoms with Gasteiger partial charge in [-0.2, -0.15) is 0 Å². The molecular formula is C12H17FN2S. The fourth-order valence-corrected chi connectivity index (χ4v) is 1.75. The predicted octanol–water partition coefficient (Wildman–Crippen LogP) is 2.81. The van der Waals surface area contributed by atoms with E-state index in [4.69, 9.17) is 18.0 Å². The summed E-state index contributed by atoms with van der Waals surface area (Å²) >= 11 is 4.82. The number of benzene rings is 1. The van der Waals surface area contributed by atoms with Gasteiger partial charge in [-0.1, -0.05) is 25.5 Å². The summed E-state index contributed by atoms with van der Waals surface area (Å²) < 4.78 is 13.4. The molecule has 88 valence electrons. The third-order valence-electron chi connectivity index (χ3n) is 2.49. The van der Waals surface area contributed by atoms with Crippen LogP contribution < -0.4 is 11.1 Å². The fourth-order valence-electron chi connectivity index (χ4n) is 1.61. The van der Waals surface area contributed by atoms with E-state index in [1.165, 1.54) is 0 Å². The van der Waals surface area contributed by atoms with Crippen LogP contribution in [0.2, 0.25) is 0 Å². The second-order valence-electron chi connectivity index (χ2n) is 3.86. The van der Waals surface area contributed by atoms with E-state index in [-0.39, 0.29) is 17.0 Å². The van der Waals surface area contributed by atoms with Crippen molar-refractivity contribution in [1.82, 2.24) is 5.32 Å². The van der Waals surface area contributed by atoms with Gasteiger partial charge >= 0.3 is 0 Å². The molecule has 1 rings (SSSR count). The second kappa shape index (κ2) is 5.80. The van der Waals surface area contributed by atoms with Crippen molar-refractivity contribution >= 4 is 17.3 Å². The van der Waals surface area contributed by atoms with Gasteiger partial charge in [0.15, 0.2) is 5.11 Å². The zero-order valence-corrected chi connectivity index (χ0v) is 10.4. The minimum atomic E-state index is -0.191. The van der Waals surface area contributed by atoms with Gasteiger partial charge in [0.05, 0.1) is 6.04 Å². The number of halogens is 1. The summed E-state index contributed by atoms with van der Waals surface area (Å²) in [6, 6.07) is 5.22. The summed E-state index contributed by atoms with van der Waals surface area (Å²) in [7, 11) is 0. The lowest BCUT2D eigenvalue weighted by Crippen LogP contribution is -2.32. The first-order valence-electron chi connectivity index (χ1n) is 5.36. The summed E-state index contributed by atoms with van der Waals surface area (Å²) in [5.74, 6) is -0.191. The van der Waals surface area contributed by atoms with Gasteiger partial charge in [0.2, 0.25) is 0 Å². The Bertz CT molecular complexity index is 379. The van der Waals surface area contributed by atoms with Crippen LogP contribution >= 0.6 is 12.2 Å². The van der Waals surface area contributed by atoms with E-state index in [2.05, 4.69) is 12.2 Å². The highest BCUT2D eigenvalue weighted by Crippen LogP contribution is 2.20. The Labute approximate surface area is 101 Å². The molecule has 1 aromatic rings. The van der Waals surface area contributed by atoms with Crippen LogP contribution in [0, 0.1) is 12.7 Å². The number of nitrogens with two attached hydrogens (primary N) is 1. The maximum atomic E-state index is 13.4. The molecular weight excluding hydrogens is 223 g/mol. The number of thiocarbonyl (C=S) groups is 1. The SMILES string of the molecule is CCC[C@H](NC(N)=S)c1ccc(C)c(F)c1. The van der Waals surface area contributed by atoms with Gasteiger partial charge in [-0.15, -0.1) is 0 Å². The molecule has 0 heterocycles. The van der Waals surface area contributed by atoms with Gasteiger partial charge in [0, 0.05) is 0 Å². The lowest BCUT2D eigenvalue weighted by molar-refractivity contribution is 0.568. The van der Waals surface area contributed by atoms with Crippen LogP contribution in [-0.2, 0) is 0 Å². The first kappa shape index (κ1) is 12.9. The van der Waals surface area contributed by atoms with Gasteiger partial charge in [-0.05, 0) is 42.8 Å². The van der Waals surface area contributed by atoms with Crippen LogP contribution in [0.25, 0.3) is 0 Å². The molecule has 0 radical (unpaired) electrons. The van der Waals surface area contributed by atoms with Crippen molar-refractivity contribution in [2.75, 3.05) is 0 Å². The second-order valence-corrected chi connectivity index (χ2v) is 4.30. The van der Waals surface area contributed by atoms with Crippen molar-refractivity contribution in [3.05, 3.63) is 35.1 Å². The molecule has 0 spiro atoms. The molecule has 0 aliphatic heterocycles. The zero-order chi connectivity index (χ0) is 12.1. The average Bonchev–Trinajstić information content (AvgIpc) is 2.21. The fraction of sp³-hybridized carbons (Fsp3) is 0.417. The molecule has 2 nitrogen and oxygen atoms in total. The first-order valence-corrected chi connectivity index (χ1v) is 5.77. The number of nitrogens with one attached hydrogen (secondary N) is 1. The van der Waals surface area contributed by atoms with Gasteiger partial charge in [-0.25, -0.2) is 4.39 Å². The number of hydrogen-bond donors (Lipinski definition) is 2. The van der Waals surface area contributed by atoms with Crippen molar-refractivity contribution in [2.24, 2.45) is 5.73 Å². The Kier molecular flexibility index (Phi) is 4.68. The summed E-state index contributed by atoms with van der Waals surface area (Å²) in [4.78, 5) is 0. The summed E-state index contributed by atoms with van der Waals surface area (Å²) in [6.07, 6.45) is 1.86. The standard InChI is InChI=1S/C12H17FN2S/c1-3-4-11(15-12(14)16)9-6-5-8(2)10(13)7-9/h5-7,11H,3-4H2,1-2H3,(H3,14,15,16)/t11-/m0/s1. The van der Waals surface area contributed by atoms with Crippen molar-refractivity contribution in [1.29, 1.82) is 0 Å². The molecule has 1 aromatic carbocycles. The van der Waals surface area contributed by atoms with Gasteiger partial charge in [0.25, 0.3) is 0 Å². The maximum absolute atomic E-state index is 13.4. The molecule has 0 aliphatic carbocycles. The van der Waals surface area contributed by atoms with Crippen LogP contribution in [-0.4, -0.2) is 5.11 Å². The normalized spacial score (nSPS) is 12.2. The third-order valence-corrected chi connectivity index (χ3v) is 2.61. The molecule has 0 aromatic heterocycles. The van der Waals surface area contributed by atoms with Crippen molar-refractivity contribution < 1.29 is 4.39 Å². The zero-order valence-electron chi connectivity index (χ0n) is 9.59. The monoisotopic (exact) mass is 240 g/mol. The Morgan fingerprint density at radius 2 is 2.25 bits per heavy atom. The topological polar surface area (TPSA) is 38.0 Å². The molecule has 16 heavy (non-hydrogen) atoms. The quantitative estimate of drug-likeness (QED) is 0.795. The summed E-state index contributed by atoms with van der Waals surface area (Å²) in [5, 5.41) is 3.24. The summed E-state index contributed by atoms with van der Waals surface area (Å²) in [6.45, 7) is 3.81. The van der Waals surface area contributed by atoms with Crippen LogP contribution in [0.3, 0.4) is 0 Å². The van der Waals surface area contributed by atoms with Crippen molar-refractivity contribution in [3.63, 3.8) is 0 Å². The maximum Gasteiger partial charge on any atom is 0.164 e. The lowest BCUT2D eigenvalue weighted by atomic mass is 10.0. The number of rotatable bonds is 4. The largest absolute Gasteiger partial charge is 0.376 e. The number of aryl methyl sites for hydroxylation is 1. The Morgan fingerprint density at radius 3 is 2.75 bits per heavy atom. The molecule has 4 heteroatoms. The average molecular weight is 240 g/mol. The van der Waals surface area contributed by atoms with Gasteiger partial charge < -0.3 is 11.1 Å². The highest BCUT2D eigenvalue weighted by Gasteiger charge is 2.12. The van der Waals surface area contributed by atoms with Crippen molar-refractivity contribution in [3.8, 4) is 0 Å². The Hall–Kier alpha value is -1.16. The minimum absolute atomic E-state index is 0.00222. The first-order chi connectivity index (χ1) is 7.54. The van der Waals surface area contributed by atoms with Gasteiger partial charge in [-0.3, -0.25) is 0 Å². The Morgan fingerprint density at radius 1 is 1.56 bits per heavy atom. The van der Waals surface area contributed by atoms with Crippen molar-refractivity contribution in [2.45, 2.75) is 32.7 Å². The highest BCUT2D eigenvalue weighted by molar-refractivity contribution is 7.80. The Balaban J connectivity index is 2.91. The molecule has 0 bridgehead atoms. The van der Waals surface area contributed by atoms with E-state index in [9.17, 15) is 4.39 Å². The van der Waals surface area contributed by atoms with Gasteiger partial charge in [0.1, 0.15) is 5.82 Å². The van der Waals surface area contributed by atoms with E-state index in [0.29, 0.717) is 5.56 Å². The van der Waals surface area contributed by atoms with E-state index in [1.54, 1.807) is 19.1 Å². The molecule has 1 atom stereocenters. The van der Waals surface area contributed by atoms with E-state index < -0.39 is 0 Å². The van der Waals surface area contributed by atoms with Crippen LogP contribution in [0.15, 0.2) is 18.2 Å². The highest BCUT2D eigenvalue weighted by atomic mass is 32.1. The molecule has 0 fully saturated rings. The third kappa shape index (κ3) is 3.45. The molecule has 0 saturated heterocycles. The van der Waals surface area contributed by atoms with Crippen LogP contribution in [0.5, 0.6) is 0 Å². The summed E-state index contributed by atoms with van der Waals surface area (Å²) in [5.41, 5.74) is 6.99. The van der Waals surface area contributed by atoms with Crippen LogP contribution in [0.1, 0.15) is 36.9 Å². The molecule has 0 saturated carbocycles. The molecule has 0 unspecified atom stereocenters. The molecule has 0 amide bonds. The number of hydrogen-bond acceptors (Lipinski definition) is 1.